The Hall–Kier alpha value is -0.120. The van der Waals surface area contributed by atoms with Gasteiger partial charge in [-0.1, -0.05) is 19.3 Å². The van der Waals surface area contributed by atoms with Gasteiger partial charge in [0, 0.05) is 6.54 Å². The van der Waals surface area contributed by atoms with Crippen molar-refractivity contribution in [2.24, 2.45) is 0 Å². The van der Waals surface area contributed by atoms with E-state index in [2.05, 4.69) is 5.32 Å². The molecule has 2 fully saturated rings. The minimum atomic E-state index is -0.513. The molecule has 1 aliphatic carbocycles. The molecular formula is C11H21NO2. The van der Waals surface area contributed by atoms with Gasteiger partial charge >= 0.3 is 0 Å². The molecule has 1 heterocycles. The van der Waals surface area contributed by atoms with Crippen LogP contribution in [0, 0.1) is 0 Å². The summed E-state index contributed by atoms with van der Waals surface area (Å²) >= 11 is 0. The number of hydrogen-bond donors (Lipinski definition) is 2. The Bertz CT molecular complexity index is 172. The van der Waals surface area contributed by atoms with Crippen molar-refractivity contribution in [3.05, 3.63) is 0 Å². The van der Waals surface area contributed by atoms with Crippen LogP contribution in [0.3, 0.4) is 0 Å². The van der Waals surface area contributed by atoms with Gasteiger partial charge in [-0.2, -0.15) is 0 Å². The largest absolute Gasteiger partial charge is 0.387 e. The van der Waals surface area contributed by atoms with Gasteiger partial charge < -0.3 is 15.2 Å². The Labute approximate surface area is 85.8 Å². The zero-order chi connectivity index (χ0) is 9.86. The summed E-state index contributed by atoms with van der Waals surface area (Å²) in [4.78, 5) is 0. The van der Waals surface area contributed by atoms with E-state index in [1.165, 1.54) is 6.42 Å². The third kappa shape index (κ3) is 2.69. The Morgan fingerprint density at radius 1 is 1.29 bits per heavy atom. The molecule has 2 aliphatic rings. The van der Waals surface area contributed by atoms with Gasteiger partial charge in [-0.05, 0) is 25.8 Å². The molecule has 82 valence electrons. The fourth-order valence-corrected chi connectivity index (χ4v) is 2.40. The zero-order valence-electron chi connectivity index (χ0n) is 8.80. The van der Waals surface area contributed by atoms with Gasteiger partial charge in [0.1, 0.15) is 0 Å². The molecule has 0 radical (unpaired) electrons. The van der Waals surface area contributed by atoms with Crippen molar-refractivity contribution < 1.29 is 9.84 Å². The maximum atomic E-state index is 10.2. The van der Waals surface area contributed by atoms with E-state index in [4.69, 9.17) is 4.74 Å². The number of aliphatic hydroxyl groups is 1. The Morgan fingerprint density at radius 2 is 2.07 bits per heavy atom. The SMILES string of the molecule is OC1(COC2CCNC2)CCCCC1. The van der Waals surface area contributed by atoms with Crippen LogP contribution in [0.4, 0.5) is 0 Å². The first-order chi connectivity index (χ1) is 6.79. The molecule has 0 bridgehead atoms. The van der Waals surface area contributed by atoms with Crippen LogP contribution in [0.2, 0.25) is 0 Å². The lowest BCUT2D eigenvalue weighted by atomic mass is 9.85. The van der Waals surface area contributed by atoms with Crippen LogP contribution in [0.1, 0.15) is 38.5 Å². The van der Waals surface area contributed by atoms with Crippen LogP contribution in [-0.4, -0.2) is 36.5 Å². The van der Waals surface area contributed by atoms with Crippen molar-refractivity contribution in [1.82, 2.24) is 5.32 Å². The monoisotopic (exact) mass is 199 g/mol. The van der Waals surface area contributed by atoms with Gasteiger partial charge in [-0.15, -0.1) is 0 Å². The first-order valence-corrected chi connectivity index (χ1v) is 5.83. The molecule has 1 aliphatic heterocycles. The first-order valence-electron chi connectivity index (χ1n) is 5.83. The van der Waals surface area contributed by atoms with Crippen molar-refractivity contribution in [1.29, 1.82) is 0 Å². The second-order valence-corrected chi connectivity index (χ2v) is 4.71. The average molecular weight is 199 g/mol. The van der Waals surface area contributed by atoms with E-state index < -0.39 is 5.60 Å². The van der Waals surface area contributed by atoms with E-state index in [-0.39, 0.29) is 0 Å². The van der Waals surface area contributed by atoms with Gasteiger partial charge in [0.25, 0.3) is 0 Å². The Morgan fingerprint density at radius 3 is 2.71 bits per heavy atom. The molecule has 0 aromatic rings. The van der Waals surface area contributed by atoms with Crippen LogP contribution in [0.5, 0.6) is 0 Å². The molecule has 1 unspecified atom stereocenters. The number of nitrogens with one attached hydrogen (secondary N) is 1. The van der Waals surface area contributed by atoms with Crippen LogP contribution in [0.15, 0.2) is 0 Å². The lowest BCUT2D eigenvalue weighted by Gasteiger charge is -2.32. The second kappa shape index (κ2) is 4.60. The molecule has 0 aromatic carbocycles. The van der Waals surface area contributed by atoms with E-state index in [0.29, 0.717) is 12.7 Å². The fourth-order valence-electron chi connectivity index (χ4n) is 2.40. The van der Waals surface area contributed by atoms with E-state index in [0.717, 1.165) is 45.2 Å². The Kier molecular flexibility index (Phi) is 3.42. The van der Waals surface area contributed by atoms with Gasteiger partial charge in [0.05, 0.1) is 18.3 Å². The lowest BCUT2D eigenvalue weighted by molar-refractivity contribution is -0.0864. The highest BCUT2D eigenvalue weighted by Crippen LogP contribution is 2.28. The molecule has 3 heteroatoms. The molecule has 0 spiro atoms. The minimum Gasteiger partial charge on any atom is -0.387 e. The molecule has 1 atom stereocenters. The molecule has 2 N–H and O–H groups in total. The smallest absolute Gasteiger partial charge is 0.0880 e. The van der Waals surface area contributed by atoms with Crippen molar-refractivity contribution in [2.75, 3.05) is 19.7 Å². The summed E-state index contributed by atoms with van der Waals surface area (Å²) in [5, 5.41) is 13.5. The highest BCUT2D eigenvalue weighted by Gasteiger charge is 2.30. The maximum Gasteiger partial charge on any atom is 0.0880 e. The van der Waals surface area contributed by atoms with Gasteiger partial charge in [-0.3, -0.25) is 0 Å². The summed E-state index contributed by atoms with van der Waals surface area (Å²) in [5.41, 5.74) is -0.513. The maximum absolute atomic E-state index is 10.2. The topological polar surface area (TPSA) is 41.5 Å². The van der Waals surface area contributed by atoms with Crippen molar-refractivity contribution in [2.45, 2.75) is 50.2 Å². The van der Waals surface area contributed by atoms with E-state index in [1.54, 1.807) is 0 Å². The lowest BCUT2D eigenvalue weighted by Crippen LogP contribution is -2.38. The average Bonchev–Trinajstić information content (AvgIpc) is 2.69. The van der Waals surface area contributed by atoms with Crippen LogP contribution in [-0.2, 0) is 4.74 Å². The molecule has 0 amide bonds. The number of ether oxygens (including phenoxy) is 1. The second-order valence-electron chi connectivity index (χ2n) is 4.71. The van der Waals surface area contributed by atoms with Crippen molar-refractivity contribution in [3.63, 3.8) is 0 Å². The normalized spacial score (nSPS) is 31.9. The quantitative estimate of drug-likeness (QED) is 0.714. The summed E-state index contributed by atoms with van der Waals surface area (Å²) in [5.74, 6) is 0. The molecule has 0 aromatic heterocycles. The third-order valence-electron chi connectivity index (χ3n) is 3.39. The highest BCUT2D eigenvalue weighted by molar-refractivity contribution is 4.83. The van der Waals surface area contributed by atoms with Crippen LogP contribution >= 0.6 is 0 Å². The summed E-state index contributed by atoms with van der Waals surface area (Å²) in [7, 11) is 0. The van der Waals surface area contributed by atoms with Gasteiger partial charge in [-0.25, -0.2) is 0 Å². The van der Waals surface area contributed by atoms with Crippen LogP contribution < -0.4 is 5.32 Å². The van der Waals surface area contributed by atoms with E-state index in [1.807, 2.05) is 0 Å². The summed E-state index contributed by atoms with van der Waals surface area (Å²) in [6.07, 6.45) is 6.86. The summed E-state index contributed by atoms with van der Waals surface area (Å²) < 4.78 is 5.73. The van der Waals surface area contributed by atoms with E-state index >= 15 is 0 Å². The first kappa shape index (κ1) is 10.4. The standard InChI is InChI=1S/C11H21NO2/c13-11(5-2-1-3-6-11)9-14-10-4-7-12-8-10/h10,12-13H,1-9H2. The fraction of sp³-hybridized carbons (Fsp3) is 1.00. The highest BCUT2D eigenvalue weighted by atomic mass is 16.5. The number of rotatable bonds is 3. The Balaban J connectivity index is 1.72. The molecular weight excluding hydrogens is 178 g/mol. The predicted octanol–water partition coefficient (Wildman–Crippen LogP) is 1.06. The summed E-state index contributed by atoms with van der Waals surface area (Å²) in [6, 6.07) is 0. The summed E-state index contributed by atoms with van der Waals surface area (Å²) in [6.45, 7) is 2.55. The van der Waals surface area contributed by atoms with Gasteiger partial charge in [0.15, 0.2) is 0 Å². The third-order valence-corrected chi connectivity index (χ3v) is 3.39. The van der Waals surface area contributed by atoms with E-state index in [9.17, 15) is 5.11 Å². The van der Waals surface area contributed by atoms with Crippen molar-refractivity contribution >= 4 is 0 Å². The molecule has 1 saturated carbocycles. The van der Waals surface area contributed by atoms with Crippen molar-refractivity contribution in [3.8, 4) is 0 Å². The van der Waals surface area contributed by atoms with Crippen LogP contribution in [0.25, 0.3) is 0 Å². The van der Waals surface area contributed by atoms with Gasteiger partial charge in [0.2, 0.25) is 0 Å². The molecule has 3 nitrogen and oxygen atoms in total. The predicted molar refractivity (Wildman–Crippen MR) is 55.3 cm³/mol. The zero-order valence-corrected chi connectivity index (χ0v) is 8.80. The minimum absolute atomic E-state index is 0.334. The molecule has 1 saturated heterocycles. The molecule has 14 heavy (non-hydrogen) atoms. The number of hydrogen-bond acceptors (Lipinski definition) is 3. The molecule has 2 rings (SSSR count).